The van der Waals surface area contributed by atoms with Crippen molar-refractivity contribution in [2.24, 2.45) is 17.6 Å². The van der Waals surface area contributed by atoms with Crippen LogP contribution in [0.2, 0.25) is 6.32 Å². The molecule has 3 fully saturated rings. The predicted molar refractivity (Wildman–Crippen MR) is 106 cm³/mol. The first-order valence-corrected chi connectivity index (χ1v) is 11.7. The molecule has 0 unspecified atom stereocenters. The summed E-state index contributed by atoms with van der Waals surface area (Å²) in [5.41, 5.74) is 5.86. The zero-order valence-electron chi connectivity index (χ0n) is 16.4. The molecule has 0 bridgehead atoms. The molecule has 0 aromatic heterocycles. The second-order valence-corrected chi connectivity index (χ2v) is 10.8. The first-order chi connectivity index (χ1) is 12.7. The molecule has 3 aliphatic rings. The van der Waals surface area contributed by atoms with Gasteiger partial charge in [-0.15, -0.1) is 0 Å². The molecular formula is C17H35BN4O4S. The van der Waals surface area contributed by atoms with Crippen LogP contribution in [0.3, 0.4) is 0 Å². The molecule has 0 aromatic rings. The molecule has 156 valence electrons. The predicted octanol–water partition coefficient (Wildman–Crippen LogP) is -0.403. The molecule has 8 nitrogen and oxygen atoms in total. The van der Waals surface area contributed by atoms with Gasteiger partial charge in [0, 0.05) is 37.8 Å². The molecular weight excluding hydrogens is 367 g/mol. The molecule has 0 aromatic carbocycles. The number of nitrogens with two attached hydrogens (primary N) is 1. The van der Waals surface area contributed by atoms with Crippen molar-refractivity contribution in [1.29, 1.82) is 0 Å². The molecule has 5 N–H and O–H groups in total. The largest absolute Gasteiger partial charge is 0.451 e. The first-order valence-electron chi connectivity index (χ1n) is 10.3. The van der Waals surface area contributed by atoms with Crippen LogP contribution >= 0.6 is 0 Å². The van der Waals surface area contributed by atoms with E-state index in [2.05, 4.69) is 5.32 Å². The summed E-state index contributed by atoms with van der Waals surface area (Å²) < 4.78 is 30.3. The lowest BCUT2D eigenvalue weighted by molar-refractivity contribution is 0.241. The Morgan fingerprint density at radius 3 is 2.67 bits per heavy atom. The lowest BCUT2D eigenvalue weighted by Crippen LogP contribution is -2.54. The van der Waals surface area contributed by atoms with Gasteiger partial charge >= 0.3 is 7.12 Å². The Bertz CT molecular complexity index is 594. The zero-order chi connectivity index (χ0) is 19.7. The number of hydrogen-bond donors (Lipinski definition) is 4. The van der Waals surface area contributed by atoms with Crippen molar-refractivity contribution in [3.63, 3.8) is 0 Å². The van der Waals surface area contributed by atoms with Crippen LogP contribution in [0.5, 0.6) is 0 Å². The third kappa shape index (κ3) is 5.43. The van der Waals surface area contributed by atoms with Gasteiger partial charge in [-0.05, 0) is 63.7 Å². The first kappa shape index (κ1) is 21.5. The monoisotopic (exact) mass is 402 g/mol. The topological polar surface area (TPSA) is 119 Å². The van der Waals surface area contributed by atoms with Crippen molar-refractivity contribution < 1.29 is 18.5 Å². The maximum atomic E-state index is 13.5. The Hall–Kier alpha value is -0.225. The highest BCUT2D eigenvalue weighted by Gasteiger charge is 2.47. The van der Waals surface area contributed by atoms with E-state index in [4.69, 9.17) is 15.8 Å². The summed E-state index contributed by atoms with van der Waals surface area (Å²) in [5.74, 6) is 0.522. The maximum Gasteiger partial charge on any atom is 0.451 e. The molecule has 0 amide bonds. The second-order valence-electron chi connectivity index (χ2n) is 8.93. The van der Waals surface area contributed by atoms with Crippen molar-refractivity contribution >= 4 is 17.3 Å². The highest BCUT2D eigenvalue weighted by atomic mass is 32.2. The van der Waals surface area contributed by atoms with Crippen molar-refractivity contribution in [2.75, 3.05) is 32.7 Å². The average molecular weight is 402 g/mol. The van der Waals surface area contributed by atoms with Crippen LogP contribution in [0, 0.1) is 11.8 Å². The van der Waals surface area contributed by atoms with Gasteiger partial charge in [0.1, 0.15) is 0 Å². The summed E-state index contributed by atoms with van der Waals surface area (Å²) >= 11 is 0. The van der Waals surface area contributed by atoms with Crippen LogP contribution in [0.4, 0.5) is 0 Å². The SMILES string of the molecule is C[C@]1(N)CN(S(=O)(=O)N(CC2CC2)[C@@H]2CCCNC2)C[C@@H]1CCCB(O)O. The highest BCUT2D eigenvalue weighted by Crippen LogP contribution is 2.36. The van der Waals surface area contributed by atoms with Crippen LogP contribution in [-0.2, 0) is 10.2 Å². The molecule has 0 spiro atoms. The zero-order valence-corrected chi connectivity index (χ0v) is 17.2. The summed E-state index contributed by atoms with van der Waals surface area (Å²) in [6, 6.07) is 0.0250. The lowest BCUT2D eigenvalue weighted by Gasteiger charge is -2.36. The summed E-state index contributed by atoms with van der Waals surface area (Å²) in [5, 5.41) is 21.4. The minimum Gasteiger partial charge on any atom is -0.427 e. The number of nitrogens with zero attached hydrogens (tertiary/aromatic N) is 2. The quantitative estimate of drug-likeness (QED) is 0.390. The van der Waals surface area contributed by atoms with Gasteiger partial charge in [0.25, 0.3) is 10.2 Å². The fraction of sp³-hybridized carbons (Fsp3) is 1.00. The van der Waals surface area contributed by atoms with E-state index in [1.54, 1.807) is 8.61 Å². The lowest BCUT2D eigenvalue weighted by atomic mass is 9.79. The van der Waals surface area contributed by atoms with E-state index in [0.717, 1.165) is 38.8 Å². The van der Waals surface area contributed by atoms with Crippen LogP contribution in [0.1, 0.15) is 45.4 Å². The van der Waals surface area contributed by atoms with Gasteiger partial charge in [-0.25, -0.2) is 0 Å². The van der Waals surface area contributed by atoms with Crippen LogP contribution < -0.4 is 11.1 Å². The van der Waals surface area contributed by atoms with E-state index in [0.29, 0.717) is 44.7 Å². The second kappa shape index (κ2) is 8.65. The normalized spacial score (nSPS) is 32.9. The van der Waals surface area contributed by atoms with Crippen molar-refractivity contribution in [2.45, 2.75) is 63.3 Å². The summed E-state index contributed by atoms with van der Waals surface area (Å²) in [7, 11) is -4.87. The highest BCUT2D eigenvalue weighted by molar-refractivity contribution is 7.86. The average Bonchev–Trinajstić information content (AvgIpc) is 3.37. The molecule has 2 saturated heterocycles. The Kier molecular flexibility index (Phi) is 6.88. The Morgan fingerprint density at radius 2 is 2.07 bits per heavy atom. The number of nitrogens with one attached hydrogen (secondary N) is 1. The van der Waals surface area contributed by atoms with Gasteiger partial charge in [0.05, 0.1) is 0 Å². The van der Waals surface area contributed by atoms with Gasteiger partial charge in [0.15, 0.2) is 0 Å². The fourth-order valence-electron chi connectivity index (χ4n) is 4.39. The minimum atomic E-state index is -3.55. The van der Waals surface area contributed by atoms with Gasteiger partial charge in [-0.1, -0.05) is 6.42 Å². The molecule has 2 aliphatic heterocycles. The van der Waals surface area contributed by atoms with Crippen molar-refractivity contribution in [1.82, 2.24) is 13.9 Å². The summed E-state index contributed by atoms with van der Waals surface area (Å²) in [6.07, 6.45) is 5.76. The van der Waals surface area contributed by atoms with E-state index in [1.165, 1.54) is 0 Å². The minimum absolute atomic E-state index is 0.0250. The van der Waals surface area contributed by atoms with Crippen molar-refractivity contribution in [3.8, 4) is 0 Å². The van der Waals surface area contributed by atoms with Gasteiger partial charge < -0.3 is 21.1 Å². The Morgan fingerprint density at radius 1 is 1.33 bits per heavy atom. The molecule has 10 heteroatoms. The van der Waals surface area contributed by atoms with Gasteiger partial charge in [0.2, 0.25) is 0 Å². The van der Waals surface area contributed by atoms with E-state index >= 15 is 0 Å². The molecule has 0 radical (unpaired) electrons. The van der Waals surface area contributed by atoms with Crippen LogP contribution in [0.25, 0.3) is 0 Å². The van der Waals surface area contributed by atoms with E-state index in [1.807, 2.05) is 6.92 Å². The van der Waals surface area contributed by atoms with Crippen molar-refractivity contribution in [3.05, 3.63) is 0 Å². The molecule has 1 saturated carbocycles. The smallest absolute Gasteiger partial charge is 0.427 e. The molecule has 27 heavy (non-hydrogen) atoms. The van der Waals surface area contributed by atoms with E-state index in [9.17, 15) is 8.42 Å². The summed E-state index contributed by atoms with van der Waals surface area (Å²) in [4.78, 5) is 0. The van der Waals surface area contributed by atoms with Crippen LogP contribution in [0.15, 0.2) is 0 Å². The van der Waals surface area contributed by atoms with Crippen LogP contribution in [-0.4, -0.2) is 78.5 Å². The standard InChI is InChI=1S/C17H35BN4O4S/c1-17(19)13-21(12-15(17)4-2-8-18(23)24)27(25,26)22(11-14-6-7-14)16-5-3-9-20-10-16/h14-16,20,23-24H,2-13,19H2,1H3/t15-,16+,17-/m0/s1. The van der Waals surface area contributed by atoms with Gasteiger partial charge in [-0.2, -0.15) is 17.0 Å². The van der Waals surface area contributed by atoms with E-state index in [-0.39, 0.29) is 12.0 Å². The molecule has 3 atom stereocenters. The number of rotatable bonds is 9. The number of hydrogen-bond acceptors (Lipinski definition) is 6. The Balaban J connectivity index is 1.69. The van der Waals surface area contributed by atoms with Gasteiger partial charge in [-0.3, -0.25) is 0 Å². The third-order valence-electron chi connectivity index (χ3n) is 6.32. The van der Waals surface area contributed by atoms with E-state index < -0.39 is 22.9 Å². The number of piperidine rings is 1. The maximum absolute atomic E-state index is 13.5. The molecule has 3 rings (SSSR count). The third-order valence-corrected chi connectivity index (χ3v) is 8.30. The Labute approximate surface area is 163 Å². The molecule has 2 heterocycles. The molecule has 1 aliphatic carbocycles. The fourth-order valence-corrected chi connectivity index (χ4v) is 6.45. The summed E-state index contributed by atoms with van der Waals surface area (Å²) in [6.45, 7) is 4.94.